The molecule has 0 saturated carbocycles. The summed E-state index contributed by atoms with van der Waals surface area (Å²) in [5.41, 5.74) is 8.35. The number of amides is 1. The molecule has 0 bridgehead atoms. The molecule has 3 N–H and O–H groups in total. The van der Waals surface area contributed by atoms with Crippen LogP contribution in [0.25, 0.3) is 22.6 Å². The molecule has 1 aromatic carbocycles. The van der Waals surface area contributed by atoms with Crippen molar-refractivity contribution in [2.75, 3.05) is 0 Å². The van der Waals surface area contributed by atoms with Crippen molar-refractivity contribution in [3.63, 3.8) is 0 Å². The Kier molecular flexibility index (Phi) is 3.53. The lowest BCUT2D eigenvalue weighted by Crippen LogP contribution is -2.14. The number of nitrogens with one attached hydrogen (secondary N) is 1. The predicted octanol–water partition coefficient (Wildman–Crippen LogP) is 2.97. The third kappa shape index (κ3) is 2.85. The van der Waals surface area contributed by atoms with Crippen molar-refractivity contribution in [2.45, 2.75) is 6.42 Å². The fourth-order valence-corrected chi connectivity index (χ4v) is 2.74. The molecule has 0 radical (unpaired) electrons. The molecule has 0 saturated heterocycles. The first-order valence-corrected chi connectivity index (χ1v) is 7.23. The number of primary amides is 1. The van der Waals surface area contributed by atoms with E-state index in [1.165, 1.54) is 12.1 Å². The fourth-order valence-electron chi connectivity index (χ4n) is 2.09. The summed E-state index contributed by atoms with van der Waals surface area (Å²) < 4.78 is 13.0. The molecular formula is C15H12FN3OS. The number of aromatic nitrogens is 2. The van der Waals surface area contributed by atoms with Gasteiger partial charge in [0.1, 0.15) is 11.6 Å². The third-order valence-electron chi connectivity index (χ3n) is 3.05. The SMILES string of the molecule is NC(=O)Cc1nc(-c2ccc(F)cc2)[nH]c1-c1ccsc1. The van der Waals surface area contributed by atoms with Gasteiger partial charge in [0.05, 0.1) is 17.8 Å². The molecule has 3 aromatic rings. The minimum atomic E-state index is -0.441. The van der Waals surface area contributed by atoms with Crippen molar-refractivity contribution in [1.82, 2.24) is 9.97 Å². The molecule has 106 valence electrons. The smallest absolute Gasteiger partial charge is 0.223 e. The van der Waals surface area contributed by atoms with Crippen molar-refractivity contribution in [1.29, 1.82) is 0 Å². The molecule has 3 rings (SSSR count). The standard InChI is InChI=1S/C15H12FN3OS/c16-11-3-1-9(2-4-11)15-18-12(7-13(17)20)14(19-15)10-5-6-21-8-10/h1-6,8H,7H2,(H2,17,20)(H,18,19). The van der Waals surface area contributed by atoms with Crippen molar-refractivity contribution >= 4 is 17.2 Å². The van der Waals surface area contributed by atoms with Crippen LogP contribution >= 0.6 is 11.3 Å². The second-order valence-electron chi connectivity index (χ2n) is 4.57. The van der Waals surface area contributed by atoms with E-state index in [0.717, 1.165) is 16.8 Å². The van der Waals surface area contributed by atoms with Crippen LogP contribution in [0.3, 0.4) is 0 Å². The van der Waals surface area contributed by atoms with Gasteiger partial charge in [-0.25, -0.2) is 9.37 Å². The largest absolute Gasteiger partial charge is 0.369 e. The molecule has 0 unspecified atom stereocenters. The molecule has 0 aliphatic rings. The average molecular weight is 301 g/mol. The van der Waals surface area contributed by atoms with Gasteiger partial charge in [0.2, 0.25) is 5.91 Å². The number of imidazole rings is 1. The molecule has 2 aromatic heterocycles. The zero-order valence-electron chi connectivity index (χ0n) is 11.0. The normalized spacial score (nSPS) is 10.7. The van der Waals surface area contributed by atoms with E-state index in [1.54, 1.807) is 23.5 Å². The number of carbonyl (C=O) groups is 1. The third-order valence-corrected chi connectivity index (χ3v) is 3.73. The topological polar surface area (TPSA) is 71.8 Å². The number of hydrogen-bond donors (Lipinski definition) is 2. The fraction of sp³-hybridized carbons (Fsp3) is 0.0667. The maximum Gasteiger partial charge on any atom is 0.223 e. The summed E-state index contributed by atoms with van der Waals surface area (Å²) in [5.74, 6) is -0.156. The summed E-state index contributed by atoms with van der Waals surface area (Å²) in [6, 6.07) is 7.96. The lowest BCUT2D eigenvalue weighted by atomic mass is 10.1. The highest BCUT2D eigenvalue weighted by Gasteiger charge is 2.15. The van der Waals surface area contributed by atoms with E-state index < -0.39 is 5.91 Å². The van der Waals surface area contributed by atoms with E-state index in [1.807, 2.05) is 16.8 Å². The van der Waals surface area contributed by atoms with Gasteiger partial charge < -0.3 is 10.7 Å². The van der Waals surface area contributed by atoms with Gasteiger partial charge in [-0.2, -0.15) is 11.3 Å². The number of hydrogen-bond acceptors (Lipinski definition) is 3. The van der Waals surface area contributed by atoms with Gasteiger partial charge in [0.25, 0.3) is 0 Å². The first-order chi connectivity index (χ1) is 10.1. The molecule has 0 aliphatic heterocycles. The first-order valence-electron chi connectivity index (χ1n) is 6.29. The van der Waals surface area contributed by atoms with E-state index in [2.05, 4.69) is 9.97 Å². The summed E-state index contributed by atoms with van der Waals surface area (Å²) >= 11 is 1.56. The van der Waals surface area contributed by atoms with Crippen LogP contribution in [0.2, 0.25) is 0 Å². The van der Waals surface area contributed by atoms with Gasteiger partial charge in [-0.15, -0.1) is 0 Å². The maximum absolute atomic E-state index is 13.0. The van der Waals surface area contributed by atoms with E-state index >= 15 is 0 Å². The van der Waals surface area contributed by atoms with Crippen LogP contribution in [0.5, 0.6) is 0 Å². The Bertz CT molecular complexity index is 763. The van der Waals surface area contributed by atoms with Crippen molar-refractivity contribution in [2.24, 2.45) is 5.73 Å². The minimum Gasteiger partial charge on any atom is -0.369 e. The monoisotopic (exact) mass is 301 g/mol. The lowest BCUT2D eigenvalue weighted by molar-refractivity contribution is -0.117. The van der Waals surface area contributed by atoms with Crippen molar-refractivity contribution in [3.05, 3.63) is 52.6 Å². The summed E-state index contributed by atoms with van der Waals surface area (Å²) in [6.07, 6.45) is 0.0584. The van der Waals surface area contributed by atoms with Gasteiger partial charge >= 0.3 is 0 Å². The number of carbonyl (C=O) groups excluding carboxylic acids is 1. The van der Waals surface area contributed by atoms with Crippen molar-refractivity contribution < 1.29 is 9.18 Å². The van der Waals surface area contributed by atoms with Crippen LogP contribution in [0.15, 0.2) is 41.1 Å². The maximum atomic E-state index is 13.0. The van der Waals surface area contributed by atoms with Gasteiger partial charge in [-0.3, -0.25) is 4.79 Å². The Morgan fingerprint density at radius 2 is 2.00 bits per heavy atom. The van der Waals surface area contributed by atoms with Crippen LogP contribution in [-0.2, 0) is 11.2 Å². The zero-order valence-corrected chi connectivity index (χ0v) is 11.8. The Hall–Kier alpha value is -2.47. The van der Waals surface area contributed by atoms with E-state index in [0.29, 0.717) is 11.5 Å². The predicted molar refractivity (Wildman–Crippen MR) is 80.2 cm³/mol. The highest BCUT2D eigenvalue weighted by molar-refractivity contribution is 7.08. The van der Waals surface area contributed by atoms with Crippen LogP contribution < -0.4 is 5.73 Å². The number of thiophene rings is 1. The van der Waals surface area contributed by atoms with Crippen LogP contribution in [0, 0.1) is 5.82 Å². The van der Waals surface area contributed by atoms with Crippen molar-refractivity contribution in [3.8, 4) is 22.6 Å². The minimum absolute atomic E-state index is 0.0584. The summed E-state index contributed by atoms with van der Waals surface area (Å²) in [6.45, 7) is 0. The summed E-state index contributed by atoms with van der Waals surface area (Å²) in [7, 11) is 0. The number of halogens is 1. The highest BCUT2D eigenvalue weighted by Crippen LogP contribution is 2.28. The van der Waals surface area contributed by atoms with Crippen LogP contribution in [-0.4, -0.2) is 15.9 Å². The van der Waals surface area contributed by atoms with E-state index in [-0.39, 0.29) is 12.2 Å². The quantitative estimate of drug-likeness (QED) is 0.777. The van der Waals surface area contributed by atoms with Gasteiger partial charge in [0, 0.05) is 16.5 Å². The van der Waals surface area contributed by atoms with Crippen LogP contribution in [0.1, 0.15) is 5.69 Å². The second-order valence-corrected chi connectivity index (χ2v) is 5.35. The number of nitrogens with two attached hydrogens (primary N) is 1. The molecule has 6 heteroatoms. The number of benzene rings is 1. The van der Waals surface area contributed by atoms with Crippen LogP contribution in [0.4, 0.5) is 4.39 Å². The van der Waals surface area contributed by atoms with E-state index in [4.69, 9.17) is 5.73 Å². The van der Waals surface area contributed by atoms with Gasteiger partial charge in [0.15, 0.2) is 0 Å². The molecule has 0 aliphatic carbocycles. The highest BCUT2D eigenvalue weighted by atomic mass is 32.1. The Morgan fingerprint density at radius 3 is 2.62 bits per heavy atom. The Morgan fingerprint density at radius 1 is 1.24 bits per heavy atom. The van der Waals surface area contributed by atoms with Gasteiger partial charge in [-0.1, -0.05) is 0 Å². The number of aromatic amines is 1. The molecule has 0 atom stereocenters. The number of H-pyrrole nitrogens is 1. The number of nitrogens with zero attached hydrogens (tertiary/aromatic N) is 1. The zero-order chi connectivity index (χ0) is 14.8. The molecule has 0 fully saturated rings. The first kappa shape index (κ1) is 13.5. The Labute approximate surface area is 124 Å². The summed E-state index contributed by atoms with van der Waals surface area (Å²) in [4.78, 5) is 18.8. The summed E-state index contributed by atoms with van der Waals surface area (Å²) in [5, 5.41) is 3.91. The average Bonchev–Trinajstić information content (AvgIpc) is 3.08. The Balaban J connectivity index is 2.07. The molecule has 2 heterocycles. The van der Waals surface area contributed by atoms with E-state index in [9.17, 15) is 9.18 Å². The molecule has 1 amide bonds. The number of rotatable bonds is 4. The molecular weight excluding hydrogens is 289 g/mol. The molecule has 0 spiro atoms. The molecule has 21 heavy (non-hydrogen) atoms. The van der Waals surface area contributed by atoms with Gasteiger partial charge in [-0.05, 0) is 35.7 Å². The molecule has 4 nitrogen and oxygen atoms in total. The lowest BCUT2D eigenvalue weighted by Gasteiger charge is -1.97. The second kappa shape index (κ2) is 5.49.